The van der Waals surface area contributed by atoms with E-state index in [4.69, 9.17) is 30.5 Å². The standard InChI is InChI=1S/C5H11O4PS/c6-2-5-9-10(11)7-3-1-4-8-10/h6H,1-5H2. The molecule has 1 N–H and O–H groups in total. The van der Waals surface area contributed by atoms with Crippen LogP contribution in [-0.4, -0.2) is 31.5 Å². The third-order valence-corrected chi connectivity index (χ3v) is 3.57. The van der Waals surface area contributed by atoms with Gasteiger partial charge >= 0.3 is 6.72 Å². The van der Waals surface area contributed by atoms with E-state index in [-0.39, 0.29) is 13.2 Å². The molecule has 0 amide bonds. The molecule has 1 rings (SSSR count). The van der Waals surface area contributed by atoms with Crippen LogP contribution in [0.4, 0.5) is 0 Å². The molecule has 0 spiro atoms. The van der Waals surface area contributed by atoms with Crippen molar-refractivity contribution in [2.24, 2.45) is 0 Å². The van der Waals surface area contributed by atoms with Gasteiger partial charge in [0.25, 0.3) is 0 Å². The Morgan fingerprint density at radius 1 is 1.45 bits per heavy atom. The first-order valence-electron chi connectivity index (χ1n) is 3.41. The minimum Gasteiger partial charge on any atom is -0.394 e. The third-order valence-electron chi connectivity index (χ3n) is 1.13. The summed E-state index contributed by atoms with van der Waals surface area (Å²) in [5.74, 6) is 0. The van der Waals surface area contributed by atoms with Crippen LogP contribution in [0.25, 0.3) is 0 Å². The zero-order chi connectivity index (χ0) is 8.16. The second-order valence-electron chi connectivity index (χ2n) is 2.02. The van der Waals surface area contributed by atoms with Crippen molar-refractivity contribution >= 4 is 18.5 Å². The van der Waals surface area contributed by atoms with Crippen molar-refractivity contribution < 1.29 is 18.7 Å². The molecule has 0 aromatic carbocycles. The fourth-order valence-corrected chi connectivity index (χ4v) is 2.58. The van der Waals surface area contributed by atoms with Crippen LogP contribution in [0.15, 0.2) is 0 Å². The van der Waals surface area contributed by atoms with Gasteiger partial charge in [-0.3, -0.25) is 0 Å². The van der Waals surface area contributed by atoms with E-state index >= 15 is 0 Å². The monoisotopic (exact) mass is 198 g/mol. The lowest BCUT2D eigenvalue weighted by atomic mass is 10.5. The summed E-state index contributed by atoms with van der Waals surface area (Å²) < 4.78 is 15.3. The van der Waals surface area contributed by atoms with E-state index in [0.717, 1.165) is 6.42 Å². The highest BCUT2D eigenvalue weighted by atomic mass is 32.5. The van der Waals surface area contributed by atoms with Gasteiger partial charge in [0.2, 0.25) is 0 Å². The van der Waals surface area contributed by atoms with Crippen molar-refractivity contribution in [3.8, 4) is 0 Å². The molecule has 11 heavy (non-hydrogen) atoms. The molecule has 1 aliphatic heterocycles. The summed E-state index contributed by atoms with van der Waals surface area (Å²) in [4.78, 5) is 0. The molecule has 6 heteroatoms. The molecule has 0 bridgehead atoms. The summed E-state index contributed by atoms with van der Waals surface area (Å²) in [6.07, 6.45) is 0.862. The smallest absolute Gasteiger partial charge is 0.327 e. The molecule has 0 saturated carbocycles. The third kappa shape index (κ3) is 3.15. The largest absolute Gasteiger partial charge is 0.394 e. The maximum atomic E-state index is 8.45. The van der Waals surface area contributed by atoms with E-state index in [1.807, 2.05) is 0 Å². The molecule has 0 unspecified atom stereocenters. The van der Waals surface area contributed by atoms with Gasteiger partial charge < -0.3 is 18.7 Å². The van der Waals surface area contributed by atoms with Crippen LogP contribution in [0.1, 0.15) is 6.42 Å². The molecule has 1 heterocycles. The lowest BCUT2D eigenvalue weighted by molar-refractivity contribution is 0.0984. The number of aliphatic hydroxyl groups is 1. The maximum absolute atomic E-state index is 8.45. The summed E-state index contributed by atoms with van der Waals surface area (Å²) in [5.41, 5.74) is 0. The van der Waals surface area contributed by atoms with E-state index < -0.39 is 6.72 Å². The van der Waals surface area contributed by atoms with Crippen LogP contribution in [0.2, 0.25) is 0 Å². The van der Waals surface area contributed by atoms with Crippen LogP contribution in [0.5, 0.6) is 0 Å². The first kappa shape index (κ1) is 9.58. The van der Waals surface area contributed by atoms with Gasteiger partial charge in [0.15, 0.2) is 0 Å². The van der Waals surface area contributed by atoms with Crippen molar-refractivity contribution in [1.82, 2.24) is 0 Å². The predicted octanol–water partition coefficient (Wildman–Crippen LogP) is 0.657. The second-order valence-corrected chi connectivity index (χ2v) is 5.03. The average molecular weight is 198 g/mol. The highest BCUT2D eigenvalue weighted by Crippen LogP contribution is 2.51. The van der Waals surface area contributed by atoms with Crippen molar-refractivity contribution in [2.75, 3.05) is 26.4 Å². The molecule has 0 aliphatic carbocycles. The van der Waals surface area contributed by atoms with Crippen molar-refractivity contribution in [1.29, 1.82) is 0 Å². The van der Waals surface area contributed by atoms with E-state index in [2.05, 4.69) is 0 Å². The van der Waals surface area contributed by atoms with Gasteiger partial charge in [0.05, 0.1) is 26.4 Å². The topological polar surface area (TPSA) is 47.9 Å². The molecule has 66 valence electrons. The van der Waals surface area contributed by atoms with Gasteiger partial charge in [-0.1, -0.05) is 0 Å². The van der Waals surface area contributed by atoms with Crippen molar-refractivity contribution in [3.63, 3.8) is 0 Å². The van der Waals surface area contributed by atoms with Crippen LogP contribution in [0, 0.1) is 0 Å². The van der Waals surface area contributed by atoms with Gasteiger partial charge in [-0.05, 0) is 18.2 Å². The maximum Gasteiger partial charge on any atom is 0.327 e. The van der Waals surface area contributed by atoms with Crippen LogP contribution >= 0.6 is 6.72 Å². The van der Waals surface area contributed by atoms with E-state index in [9.17, 15) is 0 Å². The van der Waals surface area contributed by atoms with E-state index in [1.54, 1.807) is 0 Å². The number of aliphatic hydroxyl groups excluding tert-OH is 1. The Kier molecular flexibility index (Phi) is 3.92. The fourth-order valence-electron chi connectivity index (χ4n) is 0.676. The number of hydrogen-bond acceptors (Lipinski definition) is 5. The molecule has 0 aromatic rings. The quantitative estimate of drug-likeness (QED) is 0.675. The Morgan fingerprint density at radius 3 is 2.64 bits per heavy atom. The molecule has 1 aliphatic rings. The Labute approximate surface area is 70.7 Å². The minimum atomic E-state index is -2.46. The SMILES string of the molecule is OCCOP1(=S)OCCCO1. The molecule has 0 aromatic heterocycles. The molecule has 0 radical (unpaired) electrons. The summed E-state index contributed by atoms with van der Waals surface area (Å²) in [6, 6.07) is 0. The van der Waals surface area contributed by atoms with E-state index in [0.29, 0.717) is 13.2 Å². The Bertz CT molecular complexity index is 153. The Morgan fingerprint density at radius 2 is 2.09 bits per heavy atom. The summed E-state index contributed by atoms with van der Waals surface area (Å²) >= 11 is 4.95. The van der Waals surface area contributed by atoms with Gasteiger partial charge in [-0.2, -0.15) is 0 Å². The normalized spacial score (nSPS) is 23.4. The van der Waals surface area contributed by atoms with Gasteiger partial charge in [0, 0.05) is 0 Å². The molecule has 1 saturated heterocycles. The summed E-state index contributed by atoms with van der Waals surface area (Å²) in [7, 11) is 0. The second kappa shape index (κ2) is 4.50. The lowest BCUT2D eigenvalue weighted by Crippen LogP contribution is -2.11. The molecule has 4 nitrogen and oxygen atoms in total. The summed E-state index contributed by atoms with van der Waals surface area (Å²) in [5, 5.41) is 8.45. The van der Waals surface area contributed by atoms with Crippen LogP contribution in [-0.2, 0) is 25.4 Å². The highest BCUT2D eigenvalue weighted by Gasteiger charge is 2.23. The van der Waals surface area contributed by atoms with E-state index in [1.165, 1.54) is 0 Å². The van der Waals surface area contributed by atoms with Crippen molar-refractivity contribution in [3.05, 3.63) is 0 Å². The van der Waals surface area contributed by atoms with Crippen LogP contribution < -0.4 is 0 Å². The fraction of sp³-hybridized carbons (Fsp3) is 1.00. The first-order valence-corrected chi connectivity index (χ1v) is 5.97. The minimum absolute atomic E-state index is 0.0505. The molecular weight excluding hydrogens is 187 g/mol. The van der Waals surface area contributed by atoms with Gasteiger partial charge in [-0.25, -0.2) is 0 Å². The average Bonchev–Trinajstić information content (AvgIpc) is 2.03. The van der Waals surface area contributed by atoms with Gasteiger partial charge in [-0.15, -0.1) is 0 Å². The molecular formula is C5H11O4PS. The first-order chi connectivity index (χ1) is 5.27. The Hall–Kier alpha value is 0.490. The zero-order valence-corrected chi connectivity index (χ0v) is 7.77. The molecule has 0 atom stereocenters. The molecule has 1 fully saturated rings. The van der Waals surface area contributed by atoms with Crippen LogP contribution in [0.3, 0.4) is 0 Å². The summed E-state index contributed by atoms with van der Waals surface area (Å²) in [6.45, 7) is -1.12. The van der Waals surface area contributed by atoms with Crippen molar-refractivity contribution in [2.45, 2.75) is 6.42 Å². The predicted molar refractivity (Wildman–Crippen MR) is 43.8 cm³/mol. The van der Waals surface area contributed by atoms with Gasteiger partial charge in [0.1, 0.15) is 0 Å². The number of rotatable bonds is 3. The highest BCUT2D eigenvalue weighted by molar-refractivity contribution is 8.07. The zero-order valence-electron chi connectivity index (χ0n) is 6.06. The lowest BCUT2D eigenvalue weighted by Gasteiger charge is -2.25. The Balaban J connectivity index is 2.32. The number of hydrogen-bond donors (Lipinski definition) is 1.